The van der Waals surface area contributed by atoms with E-state index in [4.69, 9.17) is 0 Å². The van der Waals surface area contributed by atoms with Gasteiger partial charge < -0.3 is 0 Å². The number of benzene rings is 1. The monoisotopic (exact) mass is 1020 g/mol. The van der Waals surface area contributed by atoms with Gasteiger partial charge in [0, 0.05) is 85.6 Å². The molecule has 0 fully saturated rings. The van der Waals surface area contributed by atoms with E-state index >= 15 is 0 Å². The molecule has 366 valence electrons. The standard InChI is InChI=1S/C62H62N4O2S4/c1-5-9-13-17-21-61(22-18-14-10-6-2)51-29-44-52(30-43(51)59-53(61)27-41(71-59)25-45-55(39(31-63)32-64)47-35-69-37-49(47)57(45)67)62(23-19-15-11-7-3,24-20-16-12-8-4)54-28-42(72-60(44)54)26-46-56(40(33-65)34-66)48-36-70-38-50(48)58(46)68/h25-30,35-38H,5-24H2,1-4H3/b45-25-,46-26-. The average Bonchev–Trinajstić information content (AvgIpc) is 4.28. The molecular formula is C62H62N4O2S4. The second-order valence-electron chi connectivity index (χ2n) is 20.3. The summed E-state index contributed by atoms with van der Waals surface area (Å²) < 4.78 is 0. The number of hydrogen-bond donors (Lipinski definition) is 0. The van der Waals surface area contributed by atoms with Crippen LogP contribution in [0.15, 0.2) is 68.1 Å². The Morgan fingerprint density at radius 3 is 1.10 bits per heavy atom. The number of Topliss-reactive ketones (excluding diaryl/α,β-unsaturated/α-hetero) is 2. The summed E-state index contributed by atoms with van der Waals surface area (Å²) in [6.45, 7) is 9.08. The van der Waals surface area contributed by atoms with Gasteiger partial charge >= 0.3 is 0 Å². The summed E-state index contributed by atoms with van der Waals surface area (Å²) in [5, 5.41) is 48.0. The smallest absolute Gasteiger partial charge is 0.195 e. The lowest BCUT2D eigenvalue weighted by Crippen LogP contribution is -2.27. The number of carbonyl (C=O) groups is 2. The second kappa shape index (κ2) is 22.2. The molecule has 0 saturated heterocycles. The van der Waals surface area contributed by atoms with Gasteiger partial charge in [-0.05, 0) is 106 Å². The van der Waals surface area contributed by atoms with E-state index in [0.29, 0.717) is 44.5 Å². The van der Waals surface area contributed by atoms with Gasteiger partial charge in [0.05, 0.1) is 0 Å². The first-order chi connectivity index (χ1) is 35.2. The van der Waals surface area contributed by atoms with Crippen LogP contribution < -0.4 is 0 Å². The van der Waals surface area contributed by atoms with Gasteiger partial charge in [0.2, 0.25) is 0 Å². The average molecular weight is 1020 g/mol. The number of carbonyl (C=O) groups excluding carboxylic acids is 2. The molecule has 10 heteroatoms. The largest absolute Gasteiger partial charge is 0.289 e. The van der Waals surface area contributed by atoms with E-state index in [1.165, 1.54) is 91.5 Å². The fourth-order valence-electron chi connectivity index (χ4n) is 12.4. The third-order valence-corrected chi connectivity index (χ3v) is 19.7. The fourth-order valence-corrected chi connectivity index (χ4v) is 16.5. The van der Waals surface area contributed by atoms with Crippen molar-refractivity contribution in [1.29, 1.82) is 21.0 Å². The van der Waals surface area contributed by atoms with Crippen molar-refractivity contribution < 1.29 is 9.59 Å². The molecule has 4 aliphatic carbocycles. The molecule has 0 radical (unpaired) electrons. The molecule has 5 aromatic rings. The van der Waals surface area contributed by atoms with Crippen molar-refractivity contribution in [1.82, 2.24) is 0 Å². The van der Waals surface area contributed by atoms with E-state index in [1.54, 1.807) is 22.7 Å². The molecule has 0 bridgehead atoms. The lowest BCUT2D eigenvalue weighted by molar-refractivity contribution is 0.103. The predicted octanol–water partition coefficient (Wildman–Crippen LogP) is 18.5. The van der Waals surface area contributed by atoms with Crippen LogP contribution in [0, 0.1) is 45.3 Å². The van der Waals surface area contributed by atoms with Crippen molar-refractivity contribution in [2.24, 2.45) is 0 Å². The molecule has 4 aromatic heterocycles. The second-order valence-corrected chi connectivity index (χ2v) is 23.9. The van der Waals surface area contributed by atoms with Crippen molar-refractivity contribution in [2.75, 3.05) is 0 Å². The minimum absolute atomic E-state index is 0.0312. The highest BCUT2D eigenvalue weighted by Crippen LogP contribution is 2.64. The summed E-state index contributed by atoms with van der Waals surface area (Å²) in [5.41, 5.74) is 11.8. The van der Waals surface area contributed by atoms with E-state index in [-0.39, 0.29) is 33.5 Å². The minimum Gasteiger partial charge on any atom is -0.289 e. The molecule has 9 rings (SSSR count). The van der Waals surface area contributed by atoms with Crippen LogP contribution in [0.3, 0.4) is 0 Å². The van der Waals surface area contributed by atoms with E-state index in [2.05, 4.69) is 76.2 Å². The lowest BCUT2D eigenvalue weighted by Gasteiger charge is -2.34. The number of unbranched alkanes of at least 4 members (excludes halogenated alkanes) is 12. The van der Waals surface area contributed by atoms with E-state index in [1.807, 2.05) is 33.7 Å². The van der Waals surface area contributed by atoms with Gasteiger partial charge in [0.15, 0.2) is 11.6 Å². The highest BCUT2D eigenvalue weighted by atomic mass is 32.1. The van der Waals surface area contributed by atoms with E-state index in [0.717, 1.165) is 112 Å². The number of rotatable bonds is 22. The first kappa shape index (κ1) is 51.2. The minimum atomic E-state index is -0.247. The molecule has 0 spiro atoms. The molecule has 0 N–H and O–H groups in total. The number of allylic oxidation sites excluding steroid dienone is 6. The quantitative estimate of drug-likeness (QED) is 0.0386. The zero-order valence-corrected chi connectivity index (χ0v) is 45.4. The zero-order valence-electron chi connectivity index (χ0n) is 42.2. The van der Waals surface area contributed by atoms with Crippen molar-refractivity contribution in [3.8, 4) is 45.2 Å². The number of nitriles is 4. The molecular weight excluding hydrogens is 961 g/mol. The molecule has 4 aliphatic rings. The lowest BCUT2D eigenvalue weighted by atomic mass is 9.68. The number of thiophene rings is 4. The van der Waals surface area contributed by atoms with Crippen LogP contribution >= 0.6 is 45.3 Å². The van der Waals surface area contributed by atoms with Crippen LogP contribution in [0.1, 0.15) is 220 Å². The molecule has 72 heavy (non-hydrogen) atoms. The summed E-state index contributed by atoms with van der Waals surface area (Å²) in [6.07, 6.45) is 26.4. The summed E-state index contributed by atoms with van der Waals surface area (Å²) in [5.74, 6) is -0.260. The van der Waals surface area contributed by atoms with Gasteiger partial charge in [-0.2, -0.15) is 43.7 Å². The Hall–Kier alpha value is -5.72. The first-order valence-corrected chi connectivity index (χ1v) is 29.9. The third kappa shape index (κ3) is 8.88. The van der Waals surface area contributed by atoms with E-state index < -0.39 is 0 Å². The molecule has 0 saturated carbocycles. The Morgan fingerprint density at radius 1 is 0.444 bits per heavy atom. The normalized spacial score (nSPS) is 16.3. The Balaban J connectivity index is 1.27. The highest BCUT2D eigenvalue weighted by Gasteiger charge is 2.50. The molecule has 0 unspecified atom stereocenters. The Morgan fingerprint density at radius 2 is 0.778 bits per heavy atom. The Kier molecular flexibility index (Phi) is 15.8. The van der Waals surface area contributed by atoms with Gasteiger partial charge in [-0.25, -0.2) is 0 Å². The highest BCUT2D eigenvalue weighted by molar-refractivity contribution is 7.17. The van der Waals surface area contributed by atoms with Crippen LogP contribution in [0.25, 0.3) is 44.2 Å². The van der Waals surface area contributed by atoms with Gasteiger partial charge in [-0.3, -0.25) is 9.59 Å². The van der Waals surface area contributed by atoms with Crippen LogP contribution in [-0.4, -0.2) is 11.6 Å². The molecule has 0 atom stereocenters. The summed E-state index contributed by atoms with van der Waals surface area (Å²) >= 11 is 6.35. The topological polar surface area (TPSA) is 129 Å². The summed E-state index contributed by atoms with van der Waals surface area (Å²) in [7, 11) is 0. The van der Waals surface area contributed by atoms with Gasteiger partial charge in [0.1, 0.15) is 35.4 Å². The van der Waals surface area contributed by atoms with Crippen molar-refractivity contribution in [2.45, 2.75) is 167 Å². The van der Waals surface area contributed by atoms with Gasteiger partial charge in [-0.15, -0.1) is 22.7 Å². The summed E-state index contributed by atoms with van der Waals surface area (Å²) in [6, 6.07) is 18.3. The number of nitrogens with zero attached hydrogens (tertiary/aromatic N) is 4. The Bertz CT molecular complexity index is 2980. The maximum atomic E-state index is 14.1. The fraction of sp³-hybridized carbons (Fsp3) is 0.419. The van der Waals surface area contributed by atoms with Crippen LogP contribution in [0.4, 0.5) is 0 Å². The molecule has 6 nitrogen and oxygen atoms in total. The van der Waals surface area contributed by atoms with Crippen LogP contribution in [-0.2, 0) is 10.8 Å². The van der Waals surface area contributed by atoms with Crippen LogP contribution in [0.2, 0.25) is 0 Å². The summed E-state index contributed by atoms with van der Waals surface area (Å²) in [4.78, 5) is 32.8. The van der Waals surface area contributed by atoms with Gasteiger partial charge in [0.25, 0.3) is 0 Å². The number of hydrogen-bond acceptors (Lipinski definition) is 10. The molecule has 0 aliphatic heterocycles. The molecule has 1 aromatic carbocycles. The number of fused-ring (bicyclic) bond motifs is 8. The predicted molar refractivity (Wildman–Crippen MR) is 299 cm³/mol. The zero-order chi connectivity index (χ0) is 50.6. The molecule has 4 heterocycles. The van der Waals surface area contributed by atoms with Crippen molar-refractivity contribution in [3.05, 3.63) is 122 Å². The first-order valence-electron chi connectivity index (χ1n) is 26.4. The van der Waals surface area contributed by atoms with Gasteiger partial charge in [-0.1, -0.05) is 130 Å². The van der Waals surface area contributed by atoms with Crippen molar-refractivity contribution >= 4 is 80.2 Å². The third-order valence-electron chi connectivity index (χ3n) is 15.9. The number of ketones is 2. The van der Waals surface area contributed by atoms with E-state index in [9.17, 15) is 30.6 Å². The SMILES string of the molecule is CCCCCCC1(CCCCCC)c2cc3c(cc2-c2sc(/C=C4\C(=O)c5cscc5C4=C(C#N)C#N)cc21)C(CCCCCC)(CCCCCC)c1cc(/C=C2\C(=O)c4cscc4C2=C(C#N)C#N)sc1-3. The maximum Gasteiger partial charge on any atom is 0.195 e. The van der Waals surface area contributed by atoms with Crippen molar-refractivity contribution in [3.63, 3.8) is 0 Å². The maximum absolute atomic E-state index is 14.1. The molecule has 0 amide bonds. The Labute approximate surface area is 442 Å². The van der Waals surface area contributed by atoms with Crippen LogP contribution in [0.5, 0.6) is 0 Å².